The number of hydrogen-bond donors (Lipinski definition) is 3. The van der Waals surface area contributed by atoms with Gasteiger partial charge in [0.05, 0.1) is 6.04 Å². The van der Waals surface area contributed by atoms with Crippen LogP contribution in [0.25, 0.3) is 0 Å². The number of rotatable bonds is 4. The summed E-state index contributed by atoms with van der Waals surface area (Å²) in [7, 11) is 0. The molecular formula is C13H26N4. The number of nitrogens with one attached hydrogen (secondary N) is 2. The summed E-state index contributed by atoms with van der Waals surface area (Å²) in [5.74, 6) is 7.24. The number of nitrogens with zero attached hydrogens (tertiary/aromatic N) is 1. The van der Waals surface area contributed by atoms with Crippen LogP contribution in [0.5, 0.6) is 0 Å². The topological polar surface area (TPSA) is 62.4 Å². The molecule has 2 aliphatic carbocycles. The van der Waals surface area contributed by atoms with Crippen molar-refractivity contribution in [1.82, 2.24) is 10.7 Å². The second kappa shape index (κ2) is 6.24. The Morgan fingerprint density at radius 3 is 2.41 bits per heavy atom. The minimum atomic E-state index is 0.473. The van der Waals surface area contributed by atoms with Crippen LogP contribution in [0.1, 0.15) is 58.3 Å². The lowest BCUT2D eigenvalue weighted by Crippen LogP contribution is -2.43. The van der Waals surface area contributed by atoms with Crippen LogP contribution in [0.4, 0.5) is 0 Å². The molecule has 2 saturated carbocycles. The van der Waals surface area contributed by atoms with E-state index in [0.29, 0.717) is 12.1 Å². The Hall–Kier alpha value is -0.770. The van der Waals surface area contributed by atoms with Gasteiger partial charge in [-0.05, 0) is 44.4 Å². The summed E-state index contributed by atoms with van der Waals surface area (Å²) in [6.07, 6.45) is 10.3. The molecule has 0 aromatic carbocycles. The molecule has 0 aromatic heterocycles. The van der Waals surface area contributed by atoms with Crippen LogP contribution in [-0.4, -0.2) is 18.0 Å². The van der Waals surface area contributed by atoms with Crippen LogP contribution in [0.15, 0.2) is 4.99 Å². The predicted octanol–water partition coefficient (Wildman–Crippen LogP) is 1.92. The van der Waals surface area contributed by atoms with E-state index in [0.717, 1.165) is 11.9 Å². The molecule has 0 amide bonds. The van der Waals surface area contributed by atoms with Crippen molar-refractivity contribution in [2.45, 2.75) is 70.4 Å². The molecule has 2 fully saturated rings. The highest BCUT2D eigenvalue weighted by Gasteiger charge is 2.24. The quantitative estimate of drug-likeness (QED) is 0.303. The minimum absolute atomic E-state index is 0.473. The monoisotopic (exact) mass is 238 g/mol. The van der Waals surface area contributed by atoms with Crippen LogP contribution in [0, 0.1) is 5.92 Å². The maximum Gasteiger partial charge on any atom is 0.206 e. The second-order valence-electron chi connectivity index (χ2n) is 5.50. The highest BCUT2D eigenvalue weighted by Crippen LogP contribution is 2.29. The van der Waals surface area contributed by atoms with Crippen molar-refractivity contribution in [2.24, 2.45) is 16.8 Å². The van der Waals surface area contributed by atoms with Crippen LogP contribution in [0.3, 0.4) is 0 Å². The van der Waals surface area contributed by atoms with Gasteiger partial charge in [0.1, 0.15) is 0 Å². The van der Waals surface area contributed by atoms with Crippen molar-refractivity contribution < 1.29 is 0 Å². The summed E-state index contributed by atoms with van der Waals surface area (Å²) in [4.78, 5) is 4.70. The van der Waals surface area contributed by atoms with Crippen LogP contribution < -0.4 is 16.6 Å². The summed E-state index contributed by atoms with van der Waals surface area (Å²) in [6.45, 7) is 2.28. The van der Waals surface area contributed by atoms with Gasteiger partial charge in [0.25, 0.3) is 0 Å². The van der Waals surface area contributed by atoms with Crippen molar-refractivity contribution in [3.63, 3.8) is 0 Å². The molecule has 2 aliphatic rings. The number of hydrazine groups is 1. The molecule has 0 spiro atoms. The van der Waals surface area contributed by atoms with Crippen molar-refractivity contribution in [3.8, 4) is 0 Å². The van der Waals surface area contributed by atoms with Crippen LogP contribution in [0.2, 0.25) is 0 Å². The lowest BCUT2D eigenvalue weighted by Gasteiger charge is -2.26. The minimum Gasteiger partial charge on any atom is -0.353 e. The lowest BCUT2D eigenvalue weighted by atomic mass is 9.84. The molecule has 0 radical (unpaired) electrons. The highest BCUT2D eigenvalue weighted by atomic mass is 15.3. The van der Waals surface area contributed by atoms with E-state index in [1.54, 1.807) is 0 Å². The molecule has 0 bridgehead atoms. The molecule has 2 rings (SSSR count). The standard InChI is InChI=1S/C13H26N4/c1-2-3-10-4-6-11(7-5-10)15-13(17-14)16-12-8-9-12/h10-12H,2-9,14H2,1H3,(H2,15,16,17). The summed E-state index contributed by atoms with van der Waals surface area (Å²) < 4.78 is 0. The molecule has 0 saturated heterocycles. The van der Waals surface area contributed by atoms with Gasteiger partial charge in [-0.25, -0.2) is 10.8 Å². The fourth-order valence-corrected chi connectivity index (χ4v) is 2.69. The normalized spacial score (nSPS) is 30.1. The number of hydrogen-bond acceptors (Lipinski definition) is 2. The number of guanidine groups is 1. The van der Waals surface area contributed by atoms with Gasteiger partial charge in [0, 0.05) is 6.04 Å². The zero-order chi connectivity index (χ0) is 12.1. The average Bonchev–Trinajstić information content (AvgIpc) is 3.15. The zero-order valence-corrected chi connectivity index (χ0v) is 10.9. The van der Waals surface area contributed by atoms with E-state index in [2.05, 4.69) is 17.7 Å². The Morgan fingerprint density at radius 1 is 1.18 bits per heavy atom. The number of aliphatic imine (C=N–C) groups is 1. The SMILES string of the molecule is CCCC1CCC(N=C(NN)NC2CC2)CC1. The molecule has 17 heavy (non-hydrogen) atoms. The largest absolute Gasteiger partial charge is 0.353 e. The Balaban J connectivity index is 1.76. The molecule has 0 atom stereocenters. The second-order valence-corrected chi connectivity index (χ2v) is 5.50. The van der Waals surface area contributed by atoms with Crippen molar-refractivity contribution in [3.05, 3.63) is 0 Å². The van der Waals surface area contributed by atoms with Gasteiger partial charge >= 0.3 is 0 Å². The Labute approximate surface area is 104 Å². The van der Waals surface area contributed by atoms with Crippen LogP contribution in [-0.2, 0) is 0 Å². The first kappa shape index (κ1) is 12.7. The fourth-order valence-electron chi connectivity index (χ4n) is 2.69. The Kier molecular flexibility index (Phi) is 4.66. The lowest BCUT2D eigenvalue weighted by molar-refractivity contribution is 0.309. The maximum atomic E-state index is 5.50. The third kappa shape index (κ3) is 4.19. The van der Waals surface area contributed by atoms with Gasteiger partial charge in [-0.1, -0.05) is 19.8 Å². The molecule has 98 valence electrons. The zero-order valence-electron chi connectivity index (χ0n) is 10.9. The maximum absolute atomic E-state index is 5.50. The first-order valence-electron chi connectivity index (χ1n) is 7.12. The molecule has 4 N–H and O–H groups in total. The van der Waals surface area contributed by atoms with E-state index < -0.39 is 0 Å². The van der Waals surface area contributed by atoms with E-state index in [1.165, 1.54) is 51.4 Å². The van der Waals surface area contributed by atoms with E-state index in [1.807, 2.05) is 0 Å². The van der Waals surface area contributed by atoms with Crippen molar-refractivity contribution in [1.29, 1.82) is 0 Å². The molecule has 0 heterocycles. The third-order valence-electron chi connectivity index (χ3n) is 3.88. The van der Waals surface area contributed by atoms with Gasteiger partial charge < -0.3 is 5.32 Å². The molecule has 0 aromatic rings. The molecule has 4 heteroatoms. The van der Waals surface area contributed by atoms with E-state index in [-0.39, 0.29) is 0 Å². The predicted molar refractivity (Wildman–Crippen MR) is 71.6 cm³/mol. The van der Waals surface area contributed by atoms with E-state index in [4.69, 9.17) is 10.8 Å². The Morgan fingerprint density at radius 2 is 1.88 bits per heavy atom. The number of nitrogens with two attached hydrogens (primary N) is 1. The summed E-state index contributed by atoms with van der Waals surface area (Å²) in [5, 5.41) is 3.34. The first-order chi connectivity index (χ1) is 8.31. The van der Waals surface area contributed by atoms with E-state index >= 15 is 0 Å². The van der Waals surface area contributed by atoms with Gasteiger partial charge in [-0.3, -0.25) is 5.43 Å². The van der Waals surface area contributed by atoms with Crippen molar-refractivity contribution in [2.75, 3.05) is 0 Å². The van der Waals surface area contributed by atoms with E-state index in [9.17, 15) is 0 Å². The summed E-state index contributed by atoms with van der Waals surface area (Å²) >= 11 is 0. The molecule has 4 nitrogen and oxygen atoms in total. The Bertz CT molecular complexity index is 252. The van der Waals surface area contributed by atoms with Gasteiger partial charge in [0.15, 0.2) is 0 Å². The molecular weight excluding hydrogens is 212 g/mol. The van der Waals surface area contributed by atoms with Crippen LogP contribution >= 0.6 is 0 Å². The van der Waals surface area contributed by atoms with Gasteiger partial charge in [-0.15, -0.1) is 0 Å². The van der Waals surface area contributed by atoms with Gasteiger partial charge in [0.2, 0.25) is 5.96 Å². The average molecular weight is 238 g/mol. The summed E-state index contributed by atoms with van der Waals surface area (Å²) in [6, 6.07) is 1.08. The molecule has 0 aliphatic heterocycles. The third-order valence-corrected chi connectivity index (χ3v) is 3.88. The van der Waals surface area contributed by atoms with Gasteiger partial charge in [-0.2, -0.15) is 0 Å². The molecule has 0 unspecified atom stereocenters. The fraction of sp³-hybridized carbons (Fsp3) is 0.923. The smallest absolute Gasteiger partial charge is 0.206 e. The van der Waals surface area contributed by atoms with Crippen molar-refractivity contribution >= 4 is 5.96 Å². The summed E-state index contributed by atoms with van der Waals surface area (Å²) in [5.41, 5.74) is 2.70. The first-order valence-corrected chi connectivity index (χ1v) is 7.12. The highest BCUT2D eigenvalue weighted by molar-refractivity contribution is 5.79.